The molecule has 0 saturated carbocycles. The van der Waals surface area contributed by atoms with Crippen LogP contribution in [0.15, 0.2) is 48.5 Å². The number of halogens is 4. The highest BCUT2D eigenvalue weighted by atomic mass is 35.5. The molecule has 1 fully saturated rings. The van der Waals surface area contributed by atoms with Gasteiger partial charge in [-0.2, -0.15) is 13.2 Å². The summed E-state index contributed by atoms with van der Waals surface area (Å²) in [4.78, 5) is 13.4. The molecule has 138 valence electrons. The Bertz CT molecular complexity index is 809. The van der Waals surface area contributed by atoms with Gasteiger partial charge in [0.2, 0.25) is 0 Å². The van der Waals surface area contributed by atoms with E-state index in [-0.39, 0.29) is 0 Å². The lowest BCUT2D eigenvalue weighted by molar-refractivity contribution is -0.143. The summed E-state index contributed by atoms with van der Waals surface area (Å²) >= 11 is 6.31. The molecule has 7 heteroatoms. The number of likely N-dealkylation sites (tertiary alicyclic amines) is 1. The van der Waals surface area contributed by atoms with Crippen LogP contribution in [0.5, 0.6) is 0 Å². The zero-order valence-electron chi connectivity index (χ0n) is 13.7. The largest absolute Gasteiger partial charge is 0.480 e. The molecule has 1 aliphatic rings. The van der Waals surface area contributed by atoms with E-state index in [9.17, 15) is 23.1 Å². The first kappa shape index (κ1) is 18.7. The van der Waals surface area contributed by atoms with Crippen LogP contribution < -0.4 is 0 Å². The minimum absolute atomic E-state index is 0.376. The van der Waals surface area contributed by atoms with Crippen molar-refractivity contribution in [2.24, 2.45) is 0 Å². The molecular formula is C19H17ClF3NO2. The third kappa shape index (κ3) is 3.71. The Morgan fingerprint density at radius 3 is 2.58 bits per heavy atom. The first-order chi connectivity index (χ1) is 12.3. The van der Waals surface area contributed by atoms with E-state index in [4.69, 9.17) is 11.6 Å². The summed E-state index contributed by atoms with van der Waals surface area (Å²) in [6.07, 6.45) is -3.36. The molecule has 1 aliphatic heterocycles. The van der Waals surface area contributed by atoms with Crippen molar-refractivity contribution in [2.45, 2.75) is 31.1 Å². The van der Waals surface area contributed by atoms with E-state index in [0.717, 1.165) is 12.1 Å². The summed E-state index contributed by atoms with van der Waals surface area (Å²) in [5, 5.41) is 9.92. The lowest BCUT2D eigenvalue weighted by Crippen LogP contribution is -2.39. The first-order valence-electron chi connectivity index (χ1n) is 8.19. The van der Waals surface area contributed by atoms with Crippen LogP contribution in [-0.4, -0.2) is 28.6 Å². The highest BCUT2D eigenvalue weighted by Crippen LogP contribution is 2.39. The maximum absolute atomic E-state index is 13.2. The standard InChI is InChI=1S/C19H17ClF3NO2/c20-15-8-2-1-7-14(15)17(24-10-4-9-16(24)18(25)26)12-5-3-6-13(11-12)19(21,22)23/h1-3,5-8,11,16-17H,4,9-10H2,(H,25,26). The van der Waals surface area contributed by atoms with Gasteiger partial charge in [-0.3, -0.25) is 9.69 Å². The van der Waals surface area contributed by atoms with Crippen LogP contribution in [0.1, 0.15) is 35.6 Å². The predicted molar refractivity (Wildman–Crippen MR) is 92.1 cm³/mol. The molecule has 0 aliphatic carbocycles. The van der Waals surface area contributed by atoms with Gasteiger partial charge in [0.05, 0.1) is 11.6 Å². The van der Waals surface area contributed by atoms with Gasteiger partial charge in [0, 0.05) is 11.6 Å². The van der Waals surface area contributed by atoms with Gasteiger partial charge in [-0.25, -0.2) is 0 Å². The molecule has 2 unspecified atom stereocenters. The normalized spacial score (nSPS) is 19.5. The van der Waals surface area contributed by atoms with Gasteiger partial charge in [-0.15, -0.1) is 0 Å². The topological polar surface area (TPSA) is 40.5 Å². The molecule has 1 saturated heterocycles. The number of hydrogen-bond donors (Lipinski definition) is 1. The lowest BCUT2D eigenvalue weighted by Gasteiger charge is -2.32. The second-order valence-electron chi connectivity index (χ2n) is 6.28. The van der Waals surface area contributed by atoms with Crippen molar-refractivity contribution in [1.82, 2.24) is 4.90 Å². The smallest absolute Gasteiger partial charge is 0.416 e. The highest BCUT2D eigenvalue weighted by molar-refractivity contribution is 6.31. The second-order valence-corrected chi connectivity index (χ2v) is 6.69. The number of carboxylic acid groups (broad SMARTS) is 1. The minimum atomic E-state index is -4.47. The molecule has 2 aromatic carbocycles. The first-order valence-corrected chi connectivity index (χ1v) is 8.57. The van der Waals surface area contributed by atoms with Crippen LogP contribution in [0, 0.1) is 0 Å². The third-order valence-electron chi connectivity index (χ3n) is 4.64. The Morgan fingerprint density at radius 1 is 1.19 bits per heavy atom. The number of rotatable bonds is 4. The van der Waals surface area contributed by atoms with Crippen LogP contribution in [0.4, 0.5) is 13.2 Å². The third-order valence-corrected chi connectivity index (χ3v) is 4.98. The fourth-order valence-corrected chi connectivity index (χ4v) is 3.73. The summed E-state index contributed by atoms with van der Waals surface area (Å²) in [5.41, 5.74) is 0.209. The van der Waals surface area contributed by atoms with E-state index in [1.54, 1.807) is 35.2 Å². The van der Waals surface area contributed by atoms with Gasteiger partial charge in [-0.05, 0) is 42.2 Å². The average molecular weight is 384 g/mol. The fraction of sp³-hybridized carbons (Fsp3) is 0.316. The molecule has 1 heterocycles. The molecular weight excluding hydrogens is 367 g/mol. The van der Waals surface area contributed by atoms with Crippen molar-refractivity contribution in [2.75, 3.05) is 6.54 Å². The van der Waals surface area contributed by atoms with E-state index < -0.39 is 29.8 Å². The number of nitrogens with zero attached hydrogens (tertiary/aromatic N) is 1. The molecule has 2 aromatic rings. The Morgan fingerprint density at radius 2 is 1.92 bits per heavy atom. The molecule has 26 heavy (non-hydrogen) atoms. The Kier molecular flexibility index (Phi) is 5.25. The molecule has 3 rings (SSSR count). The number of hydrogen-bond acceptors (Lipinski definition) is 2. The predicted octanol–water partition coefficient (Wildman–Crippen LogP) is 5.00. The van der Waals surface area contributed by atoms with E-state index in [1.807, 2.05) is 0 Å². The Hall–Kier alpha value is -2.05. The number of carboxylic acids is 1. The van der Waals surface area contributed by atoms with Gasteiger partial charge >= 0.3 is 12.1 Å². The average Bonchev–Trinajstić information content (AvgIpc) is 3.06. The summed E-state index contributed by atoms with van der Waals surface area (Å²) in [6.45, 7) is 0.475. The highest BCUT2D eigenvalue weighted by Gasteiger charge is 2.38. The van der Waals surface area contributed by atoms with Gasteiger partial charge in [0.1, 0.15) is 6.04 Å². The molecule has 0 bridgehead atoms. The Balaban J connectivity index is 2.13. The number of benzene rings is 2. The van der Waals surface area contributed by atoms with Crippen LogP contribution in [0.2, 0.25) is 5.02 Å². The molecule has 0 spiro atoms. The quantitative estimate of drug-likeness (QED) is 0.808. The Labute approximate surface area is 154 Å². The van der Waals surface area contributed by atoms with E-state index in [1.165, 1.54) is 6.07 Å². The number of alkyl halides is 3. The van der Waals surface area contributed by atoms with Gasteiger partial charge in [0.15, 0.2) is 0 Å². The van der Waals surface area contributed by atoms with Crippen LogP contribution >= 0.6 is 11.6 Å². The molecule has 0 aromatic heterocycles. The molecule has 2 atom stereocenters. The van der Waals surface area contributed by atoms with Crippen LogP contribution in [-0.2, 0) is 11.0 Å². The van der Waals surface area contributed by atoms with Gasteiger partial charge in [0.25, 0.3) is 0 Å². The molecule has 3 nitrogen and oxygen atoms in total. The zero-order chi connectivity index (χ0) is 18.9. The van der Waals surface area contributed by atoms with Crippen LogP contribution in [0.25, 0.3) is 0 Å². The lowest BCUT2D eigenvalue weighted by atomic mass is 9.94. The molecule has 0 radical (unpaired) electrons. The summed E-state index contributed by atoms with van der Waals surface area (Å²) in [6, 6.07) is 10.4. The molecule has 0 amide bonds. The summed E-state index contributed by atoms with van der Waals surface area (Å²) < 4.78 is 39.5. The monoisotopic (exact) mass is 383 g/mol. The minimum Gasteiger partial charge on any atom is -0.480 e. The van der Waals surface area contributed by atoms with Crippen molar-refractivity contribution in [3.63, 3.8) is 0 Å². The second kappa shape index (κ2) is 7.29. The number of carbonyl (C=O) groups is 1. The molecule has 1 N–H and O–H groups in total. The maximum atomic E-state index is 13.2. The van der Waals surface area contributed by atoms with E-state index in [0.29, 0.717) is 35.5 Å². The summed E-state index contributed by atoms with van der Waals surface area (Å²) in [5.74, 6) is -0.980. The zero-order valence-corrected chi connectivity index (χ0v) is 14.5. The van der Waals surface area contributed by atoms with E-state index in [2.05, 4.69) is 0 Å². The van der Waals surface area contributed by atoms with Crippen molar-refractivity contribution < 1.29 is 23.1 Å². The summed E-state index contributed by atoms with van der Waals surface area (Å²) in [7, 11) is 0. The fourth-order valence-electron chi connectivity index (χ4n) is 3.49. The van der Waals surface area contributed by atoms with Crippen molar-refractivity contribution in [1.29, 1.82) is 0 Å². The van der Waals surface area contributed by atoms with Crippen LogP contribution in [0.3, 0.4) is 0 Å². The van der Waals surface area contributed by atoms with Crippen molar-refractivity contribution in [3.8, 4) is 0 Å². The number of aliphatic carboxylic acids is 1. The SMILES string of the molecule is O=C(O)C1CCCN1C(c1cccc(C(F)(F)F)c1)c1ccccc1Cl. The van der Waals surface area contributed by atoms with Crippen molar-refractivity contribution >= 4 is 17.6 Å². The van der Waals surface area contributed by atoms with E-state index >= 15 is 0 Å². The van der Waals surface area contributed by atoms with Crippen molar-refractivity contribution in [3.05, 3.63) is 70.2 Å². The maximum Gasteiger partial charge on any atom is 0.416 e. The van der Waals surface area contributed by atoms with Gasteiger partial charge < -0.3 is 5.11 Å². The van der Waals surface area contributed by atoms with Gasteiger partial charge in [-0.1, -0.05) is 41.9 Å².